The molecule has 0 bridgehead atoms. The molecule has 0 unspecified atom stereocenters. The van der Waals surface area contributed by atoms with Crippen molar-refractivity contribution in [3.8, 4) is 0 Å². The van der Waals surface area contributed by atoms with Gasteiger partial charge in [-0.05, 0) is 31.1 Å². The maximum Gasteiger partial charge on any atom is 0.221 e. The maximum atomic E-state index is 13.6. The summed E-state index contributed by atoms with van der Waals surface area (Å²) in [6, 6.07) is 0. The predicted molar refractivity (Wildman–Crippen MR) is 118 cm³/mol. The van der Waals surface area contributed by atoms with Crippen molar-refractivity contribution < 1.29 is 13.9 Å². The lowest BCUT2D eigenvalue weighted by Gasteiger charge is -2.07. The minimum atomic E-state index is -0.232. The van der Waals surface area contributed by atoms with Gasteiger partial charge in [0.05, 0.1) is 16.1 Å². The molecule has 1 aromatic heterocycles. The number of carbonyl (C=O) groups is 1. The Balaban J connectivity index is 0.000000207. The molecule has 0 radical (unpaired) electrons. The Morgan fingerprint density at radius 3 is 2.93 bits per heavy atom. The standard InChI is InChI=1S/C13H17FO.C10H10N2OS/c1-3-4-7-10-15-12-9-6-5-8-11(2)13(12)14;1-7(13)12-8-3-2-4-9-10(5-8)14-6-11-9/h4-8H,3,9-10H2,1-2H3;2-3,5-6H,4H2,1H3,(H,12,13)/b7-4+;. The van der Waals surface area contributed by atoms with Crippen LogP contribution in [0.25, 0.3) is 6.08 Å². The molecule has 6 heteroatoms. The van der Waals surface area contributed by atoms with Crippen LogP contribution in [0.15, 0.2) is 70.9 Å². The number of ether oxygens (including phenoxy) is 1. The molecule has 1 N–H and O–H groups in total. The van der Waals surface area contributed by atoms with Gasteiger partial charge in [0.1, 0.15) is 12.4 Å². The van der Waals surface area contributed by atoms with Gasteiger partial charge >= 0.3 is 0 Å². The molecule has 0 spiro atoms. The third-order valence-corrected chi connectivity index (χ3v) is 4.84. The van der Waals surface area contributed by atoms with E-state index in [9.17, 15) is 9.18 Å². The fourth-order valence-electron chi connectivity index (χ4n) is 2.59. The third kappa shape index (κ3) is 7.66. The van der Waals surface area contributed by atoms with Crippen molar-refractivity contribution in [2.75, 3.05) is 6.61 Å². The van der Waals surface area contributed by atoms with Crippen LogP contribution in [0.3, 0.4) is 0 Å². The minimum absolute atomic E-state index is 0.0473. The molecular weight excluding hydrogens is 387 g/mol. The highest BCUT2D eigenvalue weighted by atomic mass is 32.1. The molecule has 0 saturated carbocycles. The van der Waals surface area contributed by atoms with Crippen molar-refractivity contribution in [1.29, 1.82) is 0 Å². The van der Waals surface area contributed by atoms with Gasteiger partial charge in [0.15, 0.2) is 5.83 Å². The number of aromatic nitrogens is 1. The Kier molecular flexibility index (Phi) is 9.31. The van der Waals surface area contributed by atoms with Crippen LogP contribution in [0.4, 0.5) is 4.39 Å². The number of amides is 1. The second kappa shape index (κ2) is 12.0. The Hall–Kier alpha value is -2.73. The number of hydrogen-bond donors (Lipinski definition) is 1. The van der Waals surface area contributed by atoms with E-state index >= 15 is 0 Å². The van der Waals surface area contributed by atoms with E-state index in [1.807, 2.05) is 48.0 Å². The van der Waals surface area contributed by atoms with E-state index in [1.165, 1.54) is 6.92 Å². The van der Waals surface area contributed by atoms with Crippen LogP contribution in [0.5, 0.6) is 0 Å². The van der Waals surface area contributed by atoms with Gasteiger partial charge in [-0.15, -0.1) is 11.3 Å². The fraction of sp³-hybridized carbons (Fsp3) is 0.304. The molecule has 3 rings (SSSR count). The van der Waals surface area contributed by atoms with Crippen LogP contribution in [-0.2, 0) is 16.0 Å². The van der Waals surface area contributed by atoms with Crippen LogP contribution in [0.2, 0.25) is 0 Å². The maximum absolute atomic E-state index is 13.6. The van der Waals surface area contributed by atoms with Crippen molar-refractivity contribution in [2.45, 2.75) is 40.0 Å². The minimum Gasteiger partial charge on any atom is -0.490 e. The zero-order valence-electron chi connectivity index (χ0n) is 17.1. The van der Waals surface area contributed by atoms with Gasteiger partial charge in [0, 0.05) is 25.5 Å². The summed E-state index contributed by atoms with van der Waals surface area (Å²) in [7, 11) is 0. The molecule has 29 heavy (non-hydrogen) atoms. The molecule has 1 aromatic rings. The molecule has 4 nitrogen and oxygen atoms in total. The Morgan fingerprint density at radius 1 is 1.34 bits per heavy atom. The van der Waals surface area contributed by atoms with E-state index < -0.39 is 0 Å². The fourth-order valence-corrected chi connectivity index (χ4v) is 3.35. The van der Waals surface area contributed by atoms with E-state index in [1.54, 1.807) is 24.3 Å². The zero-order chi connectivity index (χ0) is 21.1. The molecule has 154 valence electrons. The molecule has 0 fully saturated rings. The Labute approximate surface area is 175 Å². The topological polar surface area (TPSA) is 51.2 Å². The SMILES string of the molecule is CC(=O)NC1=Cc2scnc2CC=C1.CC/C=C/COC1=C(F)C(C)=CC=CC1. The van der Waals surface area contributed by atoms with Gasteiger partial charge in [-0.2, -0.15) is 0 Å². The highest BCUT2D eigenvalue weighted by Crippen LogP contribution is 2.23. The summed E-state index contributed by atoms with van der Waals surface area (Å²) in [5.74, 6) is 0.150. The van der Waals surface area contributed by atoms with E-state index in [0.29, 0.717) is 24.4 Å². The average molecular weight is 415 g/mol. The largest absolute Gasteiger partial charge is 0.490 e. The number of thiazole rings is 1. The normalized spacial score (nSPS) is 15.6. The smallest absolute Gasteiger partial charge is 0.221 e. The van der Waals surface area contributed by atoms with E-state index in [0.717, 1.165) is 29.1 Å². The lowest BCUT2D eigenvalue weighted by atomic mass is 10.2. The summed E-state index contributed by atoms with van der Waals surface area (Å²) in [6.07, 6.45) is 17.6. The molecule has 0 atom stereocenters. The molecule has 0 aliphatic heterocycles. The number of nitrogens with one attached hydrogen (secondary N) is 1. The van der Waals surface area contributed by atoms with Crippen molar-refractivity contribution in [3.05, 3.63) is 81.5 Å². The molecule has 1 amide bonds. The number of allylic oxidation sites excluding steroid dienone is 8. The Bertz CT molecular complexity index is 888. The number of hydrogen-bond acceptors (Lipinski definition) is 4. The van der Waals surface area contributed by atoms with Crippen molar-refractivity contribution in [1.82, 2.24) is 10.3 Å². The molecule has 2 aliphatic rings. The van der Waals surface area contributed by atoms with Crippen LogP contribution < -0.4 is 5.32 Å². The average Bonchev–Trinajstić information content (AvgIpc) is 2.95. The predicted octanol–water partition coefficient (Wildman–Crippen LogP) is 5.79. The molecule has 0 saturated heterocycles. The van der Waals surface area contributed by atoms with Crippen LogP contribution in [-0.4, -0.2) is 17.5 Å². The van der Waals surface area contributed by atoms with Gasteiger partial charge in [-0.25, -0.2) is 9.37 Å². The van der Waals surface area contributed by atoms with Gasteiger partial charge in [-0.3, -0.25) is 4.79 Å². The Morgan fingerprint density at radius 2 is 2.17 bits per heavy atom. The van der Waals surface area contributed by atoms with Gasteiger partial charge < -0.3 is 10.1 Å². The van der Waals surface area contributed by atoms with Crippen molar-refractivity contribution >= 4 is 23.3 Å². The number of nitrogens with zero attached hydrogens (tertiary/aromatic N) is 1. The summed E-state index contributed by atoms with van der Waals surface area (Å²) >= 11 is 1.59. The van der Waals surface area contributed by atoms with Crippen LogP contribution >= 0.6 is 11.3 Å². The van der Waals surface area contributed by atoms with Gasteiger partial charge in [-0.1, -0.05) is 43.4 Å². The van der Waals surface area contributed by atoms with Gasteiger partial charge in [0.25, 0.3) is 0 Å². The first-order chi connectivity index (χ1) is 14.0. The first kappa shape index (κ1) is 22.6. The lowest BCUT2D eigenvalue weighted by molar-refractivity contribution is -0.118. The number of fused-ring (bicyclic) bond motifs is 1. The molecular formula is C23H27FN2O2S. The molecule has 1 heterocycles. The van der Waals surface area contributed by atoms with Crippen molar-refractivity contribution in [2.24, 2.45) is 0 Å². The second-order valence-corrected chi connectivity index (χ2v) is 7.35. The van der Waals surface area contributed by atoms with Crippen LogP contribution in [0, 0.1) is 0 Å². The van der Waals surface area contributed by atoms with E-state index in [4.69, 9.17) is 4.74 Å². The lowest BCUT2D eigenvalue weighted by Crippen LogP contribution is -2.17. The monoisotopic (exact) mass is 414 g/mol. The van der Waals surface area contributed by atoms with E-state index in [2.05, 4.69) is 17.2 Å². The number of carbonyl (C=O) groups excluding carboxylic acids is 1. The highest BCUT2D eigenvalue weighted by molar-refractivity contribution is 7.10. The first-order valence-corrected chi connectivity index (χ1v) is 10.5. The molecule has 2 aliphatic carbocycles. The summed E-state index contributed by atoms with van der Waals surface area (Å²) in [5, 5.41) is 2.77. The molecule has 0 aromatic carbocycles. The summed E-state index contributed by atoms with van der Waals surface area (Å²) in [4.78, 5) is 16.2. The third-order valence-electron chi connectivity index (χ3n) is 4.02. The highest BCUT2D eigenvalue weighted by Gasteiger charge is 2.10. The summed E-state index contributed by atoms with van der Waals surface area (Å²) in [5.41, 5.74) is 4.36. The number of halogens is 1. The van der Waals surface area contributed by atoms with Crippen molar-refractivity contribution in [3.63, 3.8) is 0 Å². The number of rotatable bonds is 5. The summed E-state index contributed by atoms with van der Waals surface area (Å²) < 4.78 is 19.0. The van der Waals surface area contributed by atoms with Crippen LogP contribution in [0.1, 0.15) is 44.2 Å². The quantitative estimate of drug-likeness (QED) is 0.621. The van der Waals surface area contributed by atoms with Gasteiger partial charge in [0.2, 0.25) is 5.91 Å². The zero-order valence-corrected chi connectivity index (χ0v) is 17.9. The van der Waals surface area contributed by atoms with E-state index in [-0.39, 0.29) is 11.7 Å². The summed E-state index contributed by atoms with van der Waals surface area (Å²) in [6.45, 7) is 5.75. The first-order valence-electron chi connectivity index (χ1n) is 9.59. The second-order valence-electron chi connectivity index (χ2n) is 6.46.